The summed E-state index contributed by atoms with van der Waals surface area (Å²) in [4.78, 5) is 0. The molecule has 1 aliphatic heterocycles. The number of hydrogen-bond acceptors (Lipinski definition) is 3. The monoisotopic (exact) mass is 328 g/mol. The highest BCUT2D eigenvalue weighted by Gasteiger charge is 2.51. The van der Waals surface area contributed by atoms with Gasteiger partial charge in [-0.15, -0.1) is 0 Å². The average Bonchev–Trinajstić information content (AvgIpc) is 2.75. The van der Waals surface area contributed by atoms with Crippen LogP contribution in [0, 0.1) is 5.82 Å². The second-order valence-corrected chi connectivity index (χ2v) is 7.08. The van der Waals surface area contributed by atoms with Gasteiger partial charge in [-0.1, -0.05) is 24.3 Å². The third kappa shape index (κ3) is 3.47. The van der Waals surface area contributed by atoms with Gasteiger partial charge in [0, 0.05) is 0 Å². The van der Waals surface area contributed by atoms with Crippen LogP contribution in [-0.2, 0) is 15.9 Å². The minimum absolute atomic E-state index is 0.273. The molecule has 0 aromatic heterocycles. The van der Waals surface area contributed by atoms with Crippen LogP contribution < -0.4 is 10.2 Å². The van der Waals surface area contributed by atoms with Gasteiger partial charge in [-0.3, -0.25) is 0 Å². The molecule has 0 amide bonds. The predicted octanol–water partition coefficient (Wildman–Crippen LogP) is 3.70. The Bertz CT molecular complexity index is 697. The van der Waals surface area contributed by atoms with E-state index in [4.69, 9.17) is 14.0 Å². The van der Waals surface area contributed by atoms with Crippen LogP contribution in [0.1, 0.15) is 33.3 Å². The Balaban J connectivity index is 1.70. The number of hydrogen-bond donors (Lipinski definition) is 0. The largest absolute Gasteiger partial charge is 0.494 e. The lowest BCUT2D eigenvalue weighted by Gasteiger charge is -2.32. The molecular weight excluding hydrogens is 306 g/mol. The van der Waals surface area contributed by atoms with Gasteiger partial charge < -0.3 is 14.0 Å². The van der Waals surface area contributed by atoms with E-state index in [9.17, 15) is 4.39 Å². The minimum atomic E-state index is -0.388. The smallest absolute Gasteiger partial charge is 0.489 e. The molecule has 24 heavy (non-hydrogen) atoms. The summed E-state index contributed by atoms with van der Waals surface area (Å²) in [5, 5.41) is 0. The van der Waals surface area contributed by atoms with Gasteiger partial charge in [0.1, 0.15) is 18.2 Å². The zero-order valence-electron chi connectivity index (χ0n) is 14.5. The van der Waals surface area contributed by atoms with Crippen LogP contribution in [0.15, 0.2) is 48.5 Å². The zero-order valence-corrected chi connectivity index (χ0v) is 14.5. The molecule has 0 radical (unpaired) electrons. The molecule has 0 unspecified atom stereocenters. The Kier molecular flexibility index (Phi) is 4.41. The molecule has 5 heteroatoms. The van der Waals surface area contributed by atoms with Crippen molar-refractivity contribution < 1.29 is 18.4 Å². The fourth-order valence-corrected chi connectivity index (χ4v) is 2.51. The Morgan fingerprint density at radius 1 is 0.958 bits per heavy atom. The maximum atomic E-state index is 12.9. The van der Waals surface area contributed by atoms with Crippen LogP contribution in [-0.4, -0.2) is 18.3 Å². The number of halogens is 1. The standard InChI is InChI=1S/C19H22BFO3/c1-18(2)19(3,4)24-20(23-18)15-7-5-6-14(12-15)13-22-17-10-8-16(21)9-11-17/h5-12H,13H2,1-4H3. The Morgan fingerprint density at radius 2 is 1.58 bits per heavy atom. The Morgan fingerprint density at radius 3 is 2.21 bits per heavy atom. The third-order valence-corrected chi connectivity index (χ3v) is 4.70. The quantitative estimate of drug-likeness (QED) is 0.801. The first kappa shape index (κ1) is 17.0. The van der Waals surface area contributed by atoms with Crippen molar-refractivity contribution in [2.45, 2.75) is 45.5 Å². The van der Waals surface area contributed by atoms with E-state index in [2.05, 4.69) is 0 Å². The van der Waals surface area contributed by atoms with Crippen LogP contribution in [0.25, 0.3) is 0 Å². The first-order valence-electron chi connectivity index (χ1n) is 8.10. The third-order valence-electron chi connectivity index (χ3n) is 4.70. The summed E-state index contributed by atoms with van der Waals surface area (Å²) >= 11 is 0. The van der Waals surface area contributed by atoms with Crippen LogP contribution in [0.4, 0.5) is 4.39 Å². The summed E-state index contributed by atoms with van der Waals surface area (Å²) < 4.78 is 30.8. The fourth-order valence-electron chi connectivity index (χ4n) is 2.51. The molecule has 1 fully saturated rings. The zero-order chi connectivity index (χ0) is 17.4. The molecule has 1 heterocycles. The maximum absolute atomic E-state index is 12.9. The summed E-state index contributed by atoms with van der Waals surface area (Å²) in [7, 11) is -0.388. The van der Waals surface area contributed by atoms with Crippen molar-refractivity contribution in [2.24, 2.45) is 0 Å². The highest BCUT2D eigenvalue weighted by atomic mass is 19.1. The van der Waals surface area contributed by atoms with Gasteiger partial charge in [0.2, 0.25) is 0 Å². The Labute approximate surface area is 142 Å². The molecule has 2 aromatic rings. The summed E-state index contributed by atoms with van der Waals surface area (Å²) in [6.07, 6.45) is 0. The molecule has 0 atom stereocenters. The molecule has 3 rings (SSSR count). The van der Waals surface area contributed by atoms with Gasteiger partial charge in [0.05, 0.1) is 11.2 Å². The number of benzene rings is 2. The molecule has 3 nitrogen and oxygen atoms in total. The molecule has 0 spiro atoms. The van der Waals surface area contributed by atoms with E-state index in [-0.39, 0.29) is 24.1 Å². The van der Waals surface area contributed by atoms with Crippen molar-refractivity contribution in [2.75, 3.05) is 0 Å². The van der Waals surface area contributed by atoms with Crippen molar-refractivity contribution in [1.29, 1.82) is 0 Å². The molecule has 1 aliphatic rings. The number of rotatable bonds is 4. The average molecular weight is 328 g/mol. The van der Waals surface area contributed by atoms with Gasteiger partial charge >= 0.3 is 7.12 Å². The topological polar surface area (TPSA) is 27.7 Å². The van der Waals surface area contributed by atoms with Crippen LogP contribution in [0.3, 0.4) is 0 Å². The van der Waals surface area contributed by atoms with Crippen molar-refractivity contribution in [3.8, 4) is 5.75 Å². The van der Waals surface area contributed by atoms with Crippen molar-refractivity contribution in [3.05, 3.63) is 59.9 Å². The molecule has 1 saturated heterocycles. The fraction of sp³-hybridized carbons (Fsp3) is 0.368. The minimum Gasteiger partial charge on any atom is -0.489 e. The van der Waals surface area contributed by atoms with Gasteiger partial charge in [-0.25, -0.2) is 4.39 Å². The number of ether oxygens (including phenoxy) is 1. The summed E-state index contributed by atoms with van der Waals surface area (Å²) in [5.74, 6) is 0.363. The van der Waals surface area contributed by atoms with Crippen molar-refractivity contribution >= 4 is 12.6 Å². The lowest BCUT2D eigenvalue weighted by Crippen LogP contribution is -2.41. The van der Waals surface area contributed by atoms with Gasteiger partial charge in [-0.2, -0.15) is 0 Å². The molecule has 0 N–H and O–H groups in total. The molecule has 2 aromatic carbocycles. The molecular formula is C19H22BFO3. The van der Waals surface area contributed by atoms with E-state index >= 15 is 0 Å². The van der Waals surface area contributed by atoms with E-state index in [1.165, 1.54) is 12.1 Å². The molecule has 0 bridgehead atoms. The first-order chi connectivity index (χ1) is 11.3. The van der Waals surface area contributed by atoms with Gasteiger partial charge in [-0.05, 0) is 63.0 Å². The van der Waals surface area contributed by atoms with Crippen molar-refractivity contribution in [3.63, 3.8) is 0 Å². The highest BCUT2D eigenvalue weighted by Crippen LogP contribution is 2.36. The van der Waals surface area contributed by atoms with Gasteiger partial charge in [0.25, 0.3) is 0 Å². The summed E-state index contributed by atoms with van der Waals surface area (Å²) in [6.45, 7) is 8.55. The second-order valence-electron chi connectivity index (χ2n) is 7.08. The highest BCUT2D eigenvalue weighted by molar-refractivity contribution is 6.62. The first-order valence-corrected chi connectivity index (χ1v) is 8.10. The van der Waals surface area contributed by atoms with Crippen molar-refractivity contribution in [1.82, 2.24) is 0 Å². The second kappa shape index (κ2) is 6.23. The molecule has 0 saturated carbocycles. The lowest BCUT2D eigenvalue weighted by molar-refractivity contribution is 0.00578. The maximum Gasteiger partial charge on any atom is 0.494 e. The predicted molar refractivity (Wildman–Crippen MR) is 92.9 cm³/mol. The summed E-state index contributed by atoms with van der Waals surface area (Å²) in [6, 6.07) is 14.0. The molecule has 126 valence electrons. The van der Waals surface area contributed by atoms with Crippen LogP contribution in [0.2, 0.25) is 0 Å². The SMILES string of the molecule is CC1(C)OB(c2cccc(COc3ccc(F)cc3)c2)OC1(C)C. The summed E-state index contributed by atoms with van der Waals surface area (Å²) in [5.41, 5.74) is 1.25. The van der Waals surface area contributed by atoms with E-state index in [1.54, 1.807) is 12.1 Å². The van der Waals surface area contributed by atoms with Crippen LogP contribution >= 0.6 is 0 Å². The molecule has 0 aliphatic carbocycles. The van der Waals surface area contributed by atoms with E-state index < -0.39 is 0 Å². The van der Waals surface area contributed by atoms with Crippen LogP contribution in [0.5, 0.6) is 5.75 Å². The normalized spacial score (nSPS) is 18.6. The van der Waals surface area contributed by atoms with Gasteiger partial charge in [0.15, 0.2) is 0 Å². The van der Waals surface area contributed by atoms with E-state index in [1.807, 2.05) is 52.0 Å². The van der Waals surface area contributed by atoms with E-state index in [0.29, 0.717) is 12.4 Å². The lowest BCUT2D eigenvalue weighted by atomic mass is 9.78. The Hall–Kier alpha value is -1.85. The van der Waals surface area contributed by atoms with E-state index in [0.717, 1.165) is 11.0 Å².